The van der Waals surface area contributed by atoms with Gasteiger partial charge in [-0.1, -0.05) is 35.8 Å². The quantitative estimate of drug-likeness (QED) is 0.795. The number of halogens is 1. The average molecular weight is 311 g/mol. The molecule has 0 saturated heterocycles. The van der Waals surface area contributed by atoms with E-state index >= 15 is 0 Å². The van der Waals surface area contributed by atoms with Crippen LogP contribution in [-0.2, 0) is 0 Å². The summed E-state index contributed by atoms with van der Waals surface area (Å²) in [6.45, 7) is 6.41. The molecule has 17 heavy (non-hydrogen) atoms. The molecule has 2 nitrogen and oxygen atoms in total. The number of aromatic nitrogens is 2. The summed E-state index contributed by atoms with van der Waals surface area (Å²) in [7, 11) is 0. The van der Waals surface area contributed by atoms with Gasteiger partial charge >= 0.3 is 0 Å². The Morgan fingerprint density at radius 3 is 2.65 bits per heavy atom. The first-order chi connectivity index (χ1) is 8.00. The van der Waals surface area contributed by atoms with Gasteiger partial charge in [0, 0.05) is 22.1 Å². The van der Waals surface area contributed by atoms with Crippen LogP contribution in [0.3, 0.4) is 0 Å². The predicted octanol–water partition coefficient (Wildman–Crippen LogP) is 4.73. The van der Waals surface area contributed by atoms with Crippen LogP contribution in [0.5, 0.6) is 0 Å². The van der Waals surface area contributed by atoms with Crippen LogP contribution in [0.15, 0.2) is 28.9 Å². The van der Waals surface area contributed by atoms with Gasteiger partial charge in [0.15, 0.2) is 4.77 Å². The lowest BCUT2D eigenvalue weighted by Gasteiger charge is -2.12. The Balaban J connectivity index is 2.63. The number of benzene rings is 1. The van der Waals surface area contributed by atoms with Gasteiger partial charge in [-0.05, 0) is 42.8 Å². The van der Waals surface area contributed by atoms with Gasteiger partial charge in [-0.15, -0.1) is 0 Å². The molecule has 0 aliphatic carbocycles. The molecular formula is C13H15BrN2S. The molecular weight excluding hydrogens is 296 g/mol. The summed E-state index contributed by atoms with van der Waals surface area (Å²) in [6.07, 6.45) is 1.99. The van der Waals surface area contributed by atoms with Crippen LogP contribution in [0.4, 0.5) is 0 Å². The molecule has 1 aromatic heterocycles. The SMILES string of the molecule is Cc1ccc(-n2c(C(C)C)c[nH]c2=S)cc1Br. The van der Waals surface area contributed by atoms with Gasteiger partial charge in [0.25, 0.3) is 0 Å². The van der Waals surface area contributed by atoms with E-state index in [2.05, 4.69) is 64.5 Å². The number of aryl methyl sites for hydroxylation is 1. The van der Waals surface area contributed by atoms with Crippen LogP contribution in [0, 0.1) is 11.7 Å². The van der Waals surface area contributed by atoms with Crippen molar-refractivity contribution in [2.24, 2.45) is 0 Å². The fourth-order valence-electron chi connectivity index (χ4n) is 1.79. The normalized spacial score (nSPS) is 11.1. The number of hydrogen-bond acceptors (Lipinski definition) is 1. The molecule has 0 bridgehead atoms. The number of aromatic amines is 1. The molecule has 1 aromatic carbocycles. The minimum atomic E-state index is 0.433. The molecule has 0 unspecified atom stereocenters. The first-order valence-corrected chi connectivity index (χ1v) is 6.77. The van der Waals surface area contributed by atoms with Crippen molar-refractivity contribution >= 4 is 28.1 Å². The van der Waals surface area contributed by atoms with Crippen LogP contribution < -0.4 is 0 Å². The van der Waals surface area contributed by atoms with Crippen LogP contribution in [0.25, 0.3) is 5.69 Å². The van der Waals surface area contributed by atoms with Gasteiger partial charge in [-0.2, -0.15) is 0 Å². The first kappa shape index (κ1) is 12.6. The molecule has 0 fully saturated rings. The third-order valence-electron chi connectivity index (χ3n) is 2.81. The maximum atomic E-state index is 5.34. The van der Waals surface area contributed by atoms with Gasteiger partial charge in [-0.3, -0.25) is 4.57 Å². The second kappa shape index (κ2) is 4.78. The zero-order valence-corrected chi connectivity index (χ0v) is 12.5. The summed E-state index contributed by atoms with van der Waals surface area (Å²) in [6, 6.07) is 6.29. The highest BCUT2D eigenvalue weighted by atomic mass is 79.9. The molecule has 4 heteroatoms. The van der Waals surface area contributed by atoms with Gasteiger partial charge < -0.3 is 4.98 Å². The molecule has 0 amide bonds. The molecule has 2 rings (SSSR count). The van der Waals surface area contributed by atoms with Gasteiger partial charge in [0.1, 0.15) is 0 Å². The minimum absolute atomic E-state index is 0.433. The molecule has 1 heterocycles. The van der Waals surface area contributed by atoms with E-state index in [-0.39, 0.29) is 0 Å². The van der Waals surface area contributed by atoms with Gasteiger partial charge in [0.05, 0.1) is 0 Å². The number of nitrogens with one attached hydrogen (secondary N) is 1. The van der Waals surface area contributed by atoms with E-state index in [0.717, 1.165) is 14.9 Å². The number of imidazole rings is 1. The highest BCUT2D eigenvalue weighted by molar-refractivity contribution is 9.10. The first-order valence-electron chi connectivity index (χ1n) is 5.57. The molecule has 0 saturated carbocycles. The standard InChI is InChI=1S/C13H15BrN2S/c1-8(2)12-7-15-13(17)16(12)10-5-4-9(3)11(14)6-10/h4-8H,1-3H3,(H,15,17). The van der Waals surface area contributed by atoms with Crippen molar-refractivity contribution in [1.82, 2.24) is 9.55 Å². The zero-order valence-electron chi connectivity index (χ0n) is 10.1. The monoisotopic (exact) mass is 310 g/mol. The lowest BCUT2D eigenvalue weighted by atomic mass is 10.1. The van der Waals surface area contributed by atoms with Crippen molar-refractivity contribution in [2.45, 2.75) is 26.7 Å². The van der Waals surface area contributed by atoms with E-state index in [4.69, 9.17) is 12.2 Å². The van der Waals surface area contributed by atoms with E-state index in [0.29, 0.717) is 5.92 Å². The van der Waals surface area contributed by atoms with Gasteiger partial charge in [-0.25, -0.2) is 0 Å². The molecule has 0 aliphatic rings. The molecule has 2 aromatic rings. The Kier molecular flexibility index (Phi) is 3.54. The fourth-order valence-corrected chi connectivity index (χ4v) is 2.43. The van der Waals surface area contributed by atoms with Crippen molar-refractivity contribution in [3.8, 4) is 5.69 Å². The lowest BCUT2D eigenvalue weighted by Crippen LogP contribution is -2.02. The Hall–Kier alpha value is -0.870. The van der Waals surface area contributed by atoms with Crippen LogP contribution in [-0.4, -0.2) is 9.55 Å². The van der Waals surface area contributed by atoms with Crippen LogP contribution in [0.2, 0.25) is 0 Å². The Labute approximate surface area is 115 Å². The Morgan fingerprint density at radius 2 is 2.06 bits per heavy atom. The third-order valence-corrected chi connectivity index (χ3v) is 3.96. The highest BCUT2D eigenvalue weighted by Crippen LogP contribution is 2.24. The minimum Gasteiger partial charge on any atom is -0.337 e. The van der Waals surface area contributed by atoms with Crippen molar-refractivity contribution in [3.63, 3.8) is 0 Å². The van der Waals surface area contributed by atoms with E-state index < -0.39 is 0 Å². The van der Waals surface area contributed by atoms with Crippen molar-refractivity contribution < 1.29 is 0 Å². The fraction of sp³-hybridized carbons (Fsp3) is 0.308. The summed E-state index contributed by atoms with van der Waals surface area (Å²) in [5.74, 6) is 0.433. The maximum absolute atomic E-state index is 5.34. The molecule has 0 radical (unpaired) electrons. The van der Waals surface area contributed by atoms with Crippen LogP contribution >= 0.6 is 28.1 Å². The summed E-state index contributed by atoms with van der Waals surface area (Å²) in [5, 5.41) is 0. The van der Waals surface area contributed by atoms with Crippen molar-refractivity contribution in [1.29, 1.82) is 0 Å². The number of rotatable bonds is 2. The van der Waals surface area contributed by atoms with Crippen LogP contribution in [0.1, 0.15) is 31.0 Å². The number of hydrogen-bond donors (Lipinski definition) is 1. The topological polar surface area (TPSA) is 20.7 Å². The molecule has 0 aliphatic heterocycles. The average Bonchev–Trinajstić information content (AvgIpc) is 2.64. The molecule has 90 valence electrons. The van der Waals surface area contributed by atoms with E-state index in [1.807, 2.05) is 6.20 Å². The third kappa shape index (κ3) is 2.38. The van der Waals surface area contributed by atoms with E-state index in [1.165, 1.54) is 11.3 Å². The summed E-state index contributed by atoms with van der Waals surface area (Å²) < 4.78 is 3.93. The Bertz CT molecular complexity index is 596. The van der Waals surface area contributed by atoms with Crippen molar-refractivity contribution in [3.05, 3.63) is 44.9 Å². The summed E-state index contributed by atoms with van der Waals surface area (Å²) >= 11 is 8.90. The molecule has 0 atom stereocenters. The van der Waals surface area contributed by atoms with E-state index in [9.17, 15) is 0 Å². The molecule has 1 N–H and O–H groups in total. The largest absolute Gasteiger partial charge is 0.337 e. The summed E-state index contributed by atoms with van der Waals surface area (Å²) in [5.41, 5.74) is 3.52. The van der Waals surface area contributed by atoms with Gasteiger partial charge in [0.2, 0.25) is 0 Å². The summed E-state index contributed by atoms with van der Waals surface area (Å²) in [4.78, 5) is 3.11. The second-order valence-electron chi connectivity index (χ2n) is 4.44. The predicted molar refractivity (Wildman–Crippen MR) is 77.5 cm³/mol. The lowest BCUT2D eigenvalue weighted by molar-refractivity contribution is 0.783. The number of nitrogens with zero attached hydrogens (tertiary/aromatic N) is 1. The molecule has 0 spiro atoms. The second-order valence-corrected chi connectivity index (χ2v) is 5.68. The zero-order chi connectivity index (χ0) is 12.6. The smallest absolute Gasteiger partial charge is 0.182 e. The van der Waals surface area contributed by atoms with E-state index in [1.54, 1.807) is 0 Å². The highest BCUT2D eigenvalue weighted by Gasteiger charge is 2.10. The van der Waals surface area contributed by atoms with Crippen molar-refractivity contribution in [2.75, 3.05) is 0 Å². The number of H-pyrrole nitrogens is 1. The maximum Gasteiger partial charge on any atom is 0.182 e. The Morgan fingerprint density at radius 1 is 1.35 bits per heavy atom.